The summed E-state index contributed by atoms with van der Waals surface area (Å²) in [7, 11) is 1.71. The predicted octanol–water partition coefficient (Wildman–Crippen LogP) is 2.68. The van der Waals surface area contributed by atoms with Gasteiger partial charge in [0.15, 0.2) is 5.96 Å². The van der Waals surface area contributed by atoms with Crippen LogP contribution in [0.25, 0.3) is 6.08 Å². The lowest BCUT2D eigenvalue weighted by molar-refractivity contribution is 0.0668. The second-order valence-corrected chi connectivity index (χ2v) is 6.53. The van der Waals surface area contributed by atoms with Crippen LogP contribution in [0.15, 0.2) is 53.8 Å². The molecule has 0 aliphatic carbocycles. The van der Waals surface area contributed by atoms with E-state index in [0.29, 0.717) is 11.8 Å². The third-order valence-electron chi connectivity index (χ3n) is 4.72. The van der Waals surface area contributed by atoms with E-state index in [1.54, 1.807) is 7.05 Å². The van der Waals surface area contributed by atoms with Gasteiger partial charge in [-0.2, -0.15) is 8.78 Å². The molecule has 0 amide bonds. The number of piperazine rings is 1. The molecule has 1 aliphatic rings. The van der Waals surface area contributed by atoms with E-state index in [9.17, 15) is 8.78 Å². The predicted molar refractivity (Wildman–Crippen MR) is 107 cm³/mol. The molecule has 2 heterocycles. The molecule has 1 aliphatic heterocycles. The molecule has 1 aromatic heterocycles. The highest BCUT2D eigenvalue weighted by atomic mass is 19.3. The van der Waals surface area contributed by atoms with E-state index < -0.39 is 6.55 Å². The van der Waals surface area contributed by atoms with Crippen molar-refractivity contribution in [3.8, 4) is 0 Å². The minimum Gasteiger partial charge on any atom is -0.349 e. The fourth-order valence-electron chi connectivity index (χ4n) is 3.19. The van der Waals surface area contributed by atoms with Crippen LogP contribution in [0.3, 0.4) is 0 Å². The van der Waals surface area contributed by atoms with E-state index >= 15 is 0 Å². The first-order valence-corrected chi connectivity index (χ1v) is 9.37. The Morgan fingerprint density at radius 3 is 2.64 bits per heavy atom. The van der Waals surface area contributed by atoms with Crippen molar-refractivity contribution in [3.05, 3.63) is 60.2 Å². The Kier molecular flexibility index (Phi) is 7.13. The zero-order chi connectivity index (χ0) is 19.8. The lowest BCUT2D eigenvalue weighted by atomic mass is 10.2. The average molecular weight is 388 g/mol. The number of nitrogens with zero attached hydrogens (tertiary/aromatic N) is 5. The molecule has 0 saturated carbocycles. The third-order valence-corrected chi connectivity index (χ3v) is 4.72. The molecular weight excluding hydrogens is 362 g/mol. The molecule has 0 radical (unpaired) electrons. The van der Waals surface area contributed by atoms with Crippen LogP contribution in [0.1, 0.15) is 17.9 Å². The first-order chi connectivity index (χ1) is 13.7. The van der Waals surface area contributed by atoms with Gasteiger partial charge in [0.1, 0.15) is 5.82 Å². The maximum Gasteiger partial charge on any atom is 0.319 e. The summed E-state index contributed by atoms with van der Waals surface area (Å²) >= 11 is 0. The SMILES string of the molecule is CN=C(NCc1nccn1C(F)F)N1CCN(C/C=C/c2ccccc2)CC1. The highest BCUT2D eigenvalue weighted by Crippen LogP contribution is 2.12. The van der Waals surface area contributed by atoms with Gasteiger partial charge in [-0.15, -0.1) is 0 Å². The van der Waals surface area contributed by atoms with Crippen LogP contribution < -0.4 is 5.32 Å². The maximum absolute atomic E-state index is 12.9. The number of nitrogens with one attached hydrogen (secondary N) is 1. The molecule has 1 saturated heterocycles. The van der Waals surface area contributed by atoms with Crippen molar-refractivity contribution in [1.29, 1.82) is 0 Å². The summed E-state index contributed by atoms with van der Waals surface area (Å²) in [6, 6.07) is 10.3. The molecule has 28 heavy (non-hydrogen) atoms. The zero-order valence-corrected chi connectivity index (χ0v) is 16.0. The van der Waals surface area contributed by atoms with Crippen LogP contribution >= 0.6 is 0 Å². The molecule has 0 atom stereocenters. The summed E-state index contributed by atoms with van der Waals surface area (Å²) in [4.78, 5) is 12.8. The molecule has 2 aromatic rings. The molecule has 0 spiro atoms. The summed E-state index contributed by atoms with van der Waals surface area (Å²) in [5.74, 6) is 1.00. The monoisotopic (exact) mass is 388 g/mol. The number of guanidine groups is 1. The van der Waals surface area contributed by atoms with Crippen LogP contribution in [0.4, 0.5) is 8.78 Å². The first kappa shape index (κ1) is 20.0. The minimum atomic E-state index is -2.59. The molecule has 0 unspecified atom stereocenters. The van der Waals surface area contributed by atoms with E-state index in [-0.39, 0.29) is 6.54 Å². The van der Waals surface area contributed by atoms with Gasteiger partial charge >= 0.3 is 6.55 Å². The van der Waals surface area contributed by atoms with E-state index in [2.05, 4.69) is 49.4 Å². The van der Waals surface area contributed by atoms with Crippen LogP contribution in [-0.4, -0.2) is 65.1 Å². The highest BCUT2D eigenvalue weighted by Gasteiger charge is 2.19. The van der Waals surface area contributed by atoms with E-state index in [4.69, 9.17) is 0 Å². The van der Waals surface area contributed by atoms with Gasteiger partial charge in [0.05, 0.1) is 6.54 Å². The maximum atomic E-state index is 12.9. The Balaban J connectivity index is 1.45. The van der Waals surface area contributed by atoms with Gasteiger partial charge in [-0.1, -0.05) is 42.5 Å². The number of imidazole rings is 1. The largest absolute Gasteiger partial charge is 0.349 e. The van der Waals surface area contributed by atoms with Gasteiger partial charge < -0.3 is 10.2 Å². The summed E-state index contributed by atoms with van der Waals surface area (Å²) in [6.07, 6.45) is 6.99. The fraction of sp³-hybridized carbons (Fsp3) is 0.400. The average Bonchev–Trinajstić information content (AvgIpc) is 3.19. The first-order valence-electron chi connectivity index (χ1n) is 9.37. The van der Waals surface area contributed by atoms with Gasteiger partial charge in [0.2, 0.25) is 0 Å². The molecule has 8 heteroatoms. The standard InChI is InChI=1S/C20H26F2N6/c1-23-20(25-16-18-24-9-11-28(18)19(21)22)27-14-12-26(13-15-27)10-5-8-17-6-3-2-4-7-17/h2-9,11,19H,10,12-16H2,1H3,(H,23,25)/b8-5+. The zero-order valence-electron chi connectivity index (χ0n) is 16.0. The summed E-state index contributed by atoms with van der Waals surface area (Å²) < 4.78 is 26.7. The number of hydrogen-bond donors (Lipinski definition) is 1. The van der Waals surface area contributed by atoms with Crippen molar-refractivity contribution in [1.82, 2.24) is 24.7 Å². The summed E-state index contributed by atoms with van der Waals surface area (Å²) in [5, 5.41) is 3.14. The number of benzene rings is 1. The van der Waals surface area contributed by atoms with Gasteiger partial charge in [-0.25, -0.2) is 4.98 Å². The van der Waals surface area contributed by atoms with Gasteiger partial charge in [-0.05, 0) is 5.56 Å². The lowest BCUT2D eigenvalue weighted by Gasteiger charge is -2.36. The van der Waals surface area contributed by atoms with Gasteiger partial charge in [0.25, 0.3) is 0 Å². The number of alkyl halides is 2. The third kappa shape index (κ3) is 5.39. The number of rotatable bonds is 6. The van der Waals surface area contributed by atoms with E-state index in [0.717, 1.165) is 37.3 Å². The number of aliphatic imine (C=N–C) groups is 1. The smallest absolute Gasteiger partial charge is 0.319 e. The Labute approximate surface area is 164 Å². The quantitative estimate of drug-likeness (QED) is 0.611. The molecule has 1 aromatic carbocycles. The molecule has 3 rings (SSSR count). The molecule has 1 fully saturated rings. The van der Waals surface area contributed by atoms with Crippen molar-refractivity contribution in [2.45, 2.75) is 13.1 Å². The van der Waals surface area contributed by atoms with Crippen molar-refractivity contribution in [3.63, 3.8) is 0 Å². The van der Waals surface area contributed by atoms with Gasteiger partial charge in [0, 0.05) is 52.2 Å². The Morgan fingerprint density at radius 2 is 1.96 bits per heavy atom. The topological polar surface area (TPSA) is 48.7 Å². The van der Waals surface area contributed by atoms with E-state index in [1.807, 2.05) is 18.2 Å². The number of hydrogen-bond acceptors (Lipinski definition) is 3. The Morgan fingerprint density at radius 1 is 1.21 bits per heavy atom. The number of halogens is 2. The minimum absolute atomic E-state index is 0.212. The molecule has 0 bridgehead atoms. The second kappa shape index (κ2) is 9.98. The van der Waals surface area contributed by atoms with Gasteiger partial charge in [-0.3, -0.25) is 14.5 Å². The molecule has 6 nitrogen and oxygen atoms in total. The second-order valence-electron chi connectivity index (χ2n) is 6.53. The Hall–Kier alpha value is -2.74. The molecular formula is C20H26F2N6. The molecule has 150 valence electrons. The van der Waals surface area contributed by atoms with Crippen LogP contribution in [-0.2, 0) is 6.54 Å². The van der Waals surface area contributed by atoms with Crippen molar-refractivity contribution < 1.29 is 8.78 Å². The van der Waals surface area contributed by atoms with Crippen molar-refractivity contribution in [2.24, 2.45) is 4.99 Å². The van der Waals surface area contributed by atoms with Crippen LogP contribution in [0, 0.1) is 0 Å². The van der Waals surface area contributed by atoms with Crippen molar-refractivity contribution >= 4 is 12.0 Å². The summed E-state index contributed by atoms with van der Waals surface area (Å²) in [6.45, 7) is 2.04. The van der Waals surface area contributed by atoms with Crippen molar-refractivity contribution in [2.75, 3.05) is 39.8 Å². The van der Waals surface area contributed by atoms with Crippen LogP contribution in [0.2, 0.25) is 0 Å². The normalized spacial score (nSPS) is 16.3. The lowest BCUT2D eigenvalue weighted by Crippen LogP contribution is -2.52. The van der Waals surface area contributed by atoms with E-state index in [1.165, 1.54) is 18.0 Å². The number of aromatic nitrogens is 2. The van der Waals surface area contributed by atoms with Crippen LogP contribution in [0.5, 0.6) is 0 Å². The molecule has 1 N–H and O–H groups in total. The highest BCUT2D eigenvalue weighted by molar-refractivity contribution is 5.79. The Bertz CT molecular complexity index is 779. The fourth-order valence-corrected chi connectivity index (χ4v) is 3.19. The summed E-state index contributed by atoms with van der Waals surface area (Å²) in [5.41, 5.74) is 1.20.